The molecule has 47 heavy (non-hydrogen) atoms. The van der Waals surface area contributed by atoms with Gasteiger partial charge in [0.05, 0.1) is 51.8 Å². The second-order valence-electron chi connectivity index (χ2n) is 13.6. The van der Waals surface area contributed by atoms with Gasteiger partial charge in [0.15, 0.2) is 11.5 Å². The van der Waals surface area contributed by atoms with Crippen molar-refractivity contribution in [3.63, 3.8) is 0 Å². The lowest BCUT2D eigenvalue weighted by Gasteiger charge is -2.36. The quantitative estimate of drug-likeness (QED) is 0.195. The maximum absolute atomic E-state index is 13.4. The number of rotatable bonds is 10. The van der Waals surface area contributed by atoms with E-state index < -0.39 is 0 Å². The predicted molar refractivity (Wildman–Crippen MR) is 194 cm³/mol. The van der Waals surface area contributed by atoms with Crippen LogP contribution >= 0.6 is 15.9 Å². The van der Waals surface area contributed by atoms with E-state index in [9.17, 15) is 4.79 Å². The van der Waals surface area contributed by atoms with Crippen molar-refractivity contribution in [3.8, 4) is 23.0 Å². The molecule has 0 amide bonds. The summed E-state index contributed by atoms with van der Waals surface area (Å²) < 4.78 is 28.3. The lowest BCUT2D eigenvalue weighted by atomic mass is 9.86. The Morgan fingerprint density at radius 2 is 1.45 bits per heavy atom. The van der Waals surface area contributed by atoms with Gasteiger partial charge in [-0.15, -0.1) is 0 Å². The Hall–Kier alpha value is -3.07. The first-order valence-electron chi connectivity index (χ1n) is 16.3. The van der Waals surface area contributed by atoms with Crippen LogP contribution in [0.15, 0.2) is 46.9 Å². The Balaban J connectivity index is 0.000000257. The Kier molecular flexibility index (Phi) is 13.8. The lowest BCUT2D eigenvalue weighted by molar-refractivity contribution is -0.0708. The highest BCUT2D eigenvalue weighted by Gasteiger charge is 2.28. The van der Waals surface area contributed by atoms with Crippen LogP contribution in [0, 0.1) is 19.8 Å². The largest absolute Gasteiger partial charge is 0.496 e. The highest BCUT2D eigenvalue weighted by Crippen LogP contribution is 2.44. The van der Waals surface area contributed by atoms with Crippen molar-refractivity contribution in [1.29, 1.82) is 0 Å². The summed E-state index contributed by atoms with van der Waals surface area (Å²) in [6, 6.07) is 14.6. The van der Waals surface area contributed by atoms with Crippen LogP contribution in [-0.4, -0.2) is 71.0 Å². The highest BCUT2D eigenvalue weighted by molar-refractivity contribution is 9.10. The van der Waals surface area contributed by atoms with Gasteiger partial charge in [-0.25, -0.2) is 0 Å². The number of aryl methyl sites for hydroxylation is 1. The summed E-state index contributed by atoms with van der Waals surface area (Å²) in [5.74, 6) is 2.20. The number of nitrogens with zero attached hydrogens (tertiary/aromatic N) is 1. The molecule has 1 fully saturated rings. The number of hydrogen-bond acceptors (Lipinski definition) is 7. The molecule has 0 saturated carbocycles. The number of carbonyl (C=O) groups is 1. The van der Waals surface area contributed by atoms with Crippen LogP contribution in [0.2, 0.25) is 0 Å². The Labute approximate surface area is 291 Å². The molecule has 0 aliphatic carbocycles. The normalized spacial score (nSPS) is 17.3. The van der Waals surface area contributed by atoms with Crippen molar-refractivity contribution in [1.82, 2.24) is 4.90 Å². The summed E-state index contributed by atoms with van der Waals surface area (Å²) in [5, 5.41) is 0. The molecule has 8 heteroatoms. The van der Waals surface area contributed by atoms with E-state index >= 15 is 0 Å². The Morgan fingerprint density at radius 3 is 1.96 bits per heavy atom. The zero-order valence-electron chi connectivity index (χ0n) is 30.4. The molecule has 4 rings (SSSR count). The van der Waals surface area contributed by atoms with Crippen LogP contribution in [0.25, 0.3) is 0 Å². The SMILES string of the molecule is CC(Cc1ccc(C(C)(C)C)cc1)CN1C[C@@H](C)O[C@@H](C)C1.COc1cc(C)c(C(=O)c2c(OC)ccc(Br)c2C)c(OC)c1OC. The molecule has 3 aromatic carbocycles. The third kappa shape index (κ3) is 9.74. The molecule has 1 unspecified atom stereocenters. The zero-order valence-corrected chi connectivity index (χ0v) is 32.0. The third-order valence-corrected chi connectivity index (χ3v) is 9.39. The van der Waals surface area contributed by atoms with Crippen molar-refractivity contribution in [3.05, 3.63) is 80.3 Å². The summed E-state index contributed by atoms with van der Waals surface area (Å²) in [6.07, 6.45) is 1.88. The van der Waals surface area contributed by atoms with E-state index in [2.05, 4.69) is 86.6 Å². The molecule has 3 aromatic rings. The number of hydrogen-bond donors (Lipinski definition) is 0. The molecule has 7 nitrogen and oxygen atoms in total. The van der Waals surface area contributed by atoms with Crippen molar-refractivity contribution in [2.45, 2.75) is 79.4 Å². The van der Waals surface area contributed by atoms with Gasteiger partial charge in [0.1, 0.15) is 5.75 Å². The maximum Gasteiger partial charge on any atom is 0.204 e. The van der Waals surface area contributed by atoms with Gasteiger partial charge in [-0.05, 0) is 85.9 Å². The van der Waals surface area contributed by atoms with Crippen LogP contribution in [0.4, 0.5) is 0 Å². The topological polar surface area (TPSA) is 66.5 Å². The second kappa shape index (κ2) is 16.8. The third-order valence-electron chi connectivity index (χ3n) is 8.53. The molecule has 0 aromatic heterocycles. The molecular formula is C39H54BrNO6. The molecular weight excluding hydrogens is 658 g/mol. The van der Waals surface area contributed by atoms with Gasteiger partial charge in [-0.1, -0.05) is 67.9 Å². The first-order chi connectivity index (χ1) is 22.1. The fourth-order valence-electron chi connectivity index (χ4n) is 6.28. The molecule has 1 saturated heterocycles. The first kappa shape index (κ1) is 38.4. The van der Waals surface area contributed by atoms with E-state index in [1.165, 1.54) is 39.0 Å². The number of halogens is 1. The second-order valence-corrected chi connectivity index (χ2v) is 14.5. The summed E-state index contributed by atoms with van der Waals surface area (Å²) in [4.78, 5) is 16.0. The minimum absolute atomic E-state index is 0.203. The average molecular weight is 713 g/mol. The van der Waals surface area contributed by atoms with Gasteiger partial charge in [0, 0.05) is 24.1 Å². The van der Waals surface area contributed by atoms with Crippen LogP contribution in [-0.2, 0) is 16.6 Å². The van der Waals surface area contributed by atoms with E-state index in [0.29, 0.717) is 52.3 Å². The Morgan fingerprint density at radius 1 is 0.872 bits per heavy atom. The van der Waals surface area contributed by atoms with Crippen LogP contribution in [0.3, 0.4) is 0 Å². The molecule has 3 atom stereocenters. The van der Waals surface area contributed by atoms with Crippen molar-refractivity contribution in [2.75, 3.05) is 48.1 Å². The van der Waals surface area contributed by atoms with Gasteiger partial charge < -0.3 is 23.7 Å². The van der Waals surface area contributed by atoms with Crippen molar-refractivity contribution < 1.29 is 28.5 Å². The van der Waals surface area contributed by atoms with Gasteiger partial charge in [-0.2, -0.15) is 0 Å². The number of ketones is 1. The molecule has 0 bridgehead atoms. The smallest absolute Gasteiger partial charge is 0.204 e. The van der Waals surface area contributed by atoms with E-state index in [1.807, 2.05) is 19.9 Å². The van der Waals surface area contributed by atoms with Crippen LogP contribution in [0.5, 0.6) is 23.0 Å². The molecule has 1 aliphatic rings. The molecule has 0 N–H and O–H groups in total. The molecule has 1 heterocycles. The summed E-state index contributed by atoms with van der Waals surface area (Å²) >= 11 is 3.47. The first-order valence-corrected chi connectivity index (χ1v) is 17.1. The number of carbonyl (C=O) groups excluding carboxylic acids is 1. The van der Waals surface area contributed by atoms with Crippen molar-refractivity contribution in [2.24, 2.45) is 5.92 Å². The van der Waals surface area contributed by atoms with E-state index in [-0.39, 0.29) is 11.2 Å². The summed E-state index contributed by atoms with van der Waals surface area (Å²) in [5.41, 5.74) is 5.52. The standard InChI is InChI=1S/C20H33NO.C19H21BrO5/c1-15(12-21-13-16(2)22-17(3)14-21)11-18-7-9-19(10-8-18)20(4,5)6;1-10-9-14(23-4)18(24-5)19(25-6)15(10)17(21)16-11(2)12(20)7-8-13(16)22-3/h7-10,15-17H,11-14H2,1-6H3;7-9H,1-6H3/t15?,16-,17+;. The van der Waals surface area contributed by atoms with Crippen LogP contribution < -0.4 is 18.9 Å². The van der Waals surface area contributed by atoms with Gasteiger partial charge in [0.25, 0.3) is 0 Å². The minimum Gasteiger partial charge on any atom is -0.496 e. The van der Waals surface area contributed by atoms with E-state index in [1.54, 1.807) is 19.2 Å². The lowest BCUT2D eigenvalue weighted by Crippen LogP contribution is -2.47. The van der Waals surface area contributed by atoms with Crippen LogP contribution in [0.1, 0.15) is 79.7 Å². The van der Waals surface area contributed by atoms with E-state index in [4.69, 9.17) is 23.7 Å². The summed E-state index contributed by atoms with van der Waals surface area (Å²) in [6.45, 7) is 20.5. The monoisotopic (exact) mass is 711 g/mol. The highest BCUT2D eigenvalue weighted by atomic mass is 79.9. The molecule has 0 radical (unpaired) electrons. The van der Waals surface area contributed by atoms with Crippen molar-refractivity contribution >= 4 is 21.7 Å². The minimum atomic E-state index is -0.203. The fourth-order valence-corrected chi connectivity index (χ4v) is 6.61. The van der Waals surface area contributed by atoms with Gasteiger partial charge in [0.2, 0.25) is 11.5 Å². The predicted octanol–water partition coefficient (Wildman–Crippen LogP) is 8.60. The van der Waals surface area contributed by atoms with Gasteiger partial charge >= 0.3 is 0 Å². The van der Waals surface area contributed by atoms with E-state index in [0.717, 1.165) is 35.1 Å². The number of ether oxygens (including phenoxy) is 5. The fraction of sp³-hybridized carbons (Fsp3) is 0.513. The number of morpholine rings is 1. The molecule has 0 spiro atoms. The molecule has 1 aliphatic heterocycles. The number of methoxy groups -OCH3 is 4. The average Bonchev–Trinajstić information content (AvgIpc) is 3.00. The summed E-state index contributed by atoms with van der Waals surface area (Å²) in [7, 11) is 6.09. The van der Waals surface area contributed by atoms with Gasteiger partial charge in [-0.3, -0.25) is 9.69 Å². The molecule has 258 valence electrons. The number of benzene rings is 3. The maximum atomic E-state index is 13.4. The zero-order chi connectivity index (χ0) is 35.1. The Bertz CT molecular complexity index is 1490.